The summed E-state index contributed by atoms with van der Waals surface area (Å²) in [7, 11) is 0. The Morgan fingerprint density at radius 3 is 3.04 bits per heavy atom. The number of hydrogen-bond acceptors (Lipinski definition) is 4. The van der Waals surface area contributed by atoms with Crippen molar-refractivity contribution in [3.05, 3.63) is 53.7 Å². The van der Waals surface area contributed by atoms with E-state index in [1.165, 1.54) is 16.7 Å². The van der Waals surface area contributed by atoms with Gasteiger partial charge < -0.3 is 5.32 Å². The summed E-state index contributed by atoms with van der Waals surface area (Å²) >= 11 is 0. The van der Waals surface area contributed by atoms with E-state index in [1.807, 2.05) is 10.9 Å². The summed E-state index contributed by atoms with van der Waals surface area (Å²) in [5.41, 5.74) is 4.72. The normalized spacial score (nSPS) is 17.2. The molecule has 2 aromatic heterocycles. The summed E-state index contributed by atoms with van der Waals surface area (Å²) in [5, 5.41) is 15.2. The first-order valence-corrected chi connectivity index (χ1v) is 7.99. The molecular weight excluding hydrogens is 288 g/mol. The van der Waals surface area contributed by atoms with E-state index in [0.717, 1.165) is 37.4 Å². The molecule has 0 unspecified atom stereocenters. The average Bonchev–Trinajstić information content (AvgIpc) is 3.22. The fourth-order valence-corrected chi connectivity index (χ4v) is 3.07. The van der Waals surface area contributed by atoms with Gasteiger partial charge in [0.15, 0.2) is 0 Å². The first kappa shape index (κ1) is 14.1. The van der Waals surface area contributed by atoms with E-state index in [-0.39, 0.29) is 0 Å². The van der Waals surface area contributed by atoms with E-state index < -0.39 is 0 Å². The molecule has 6 nitrogen and oxygen atoms in total. The Labute approximate surface area is 135 Å². The zero-order chi connectivity index (χ0) is 15.6. The molecule has 118 valence electrons. The summed E-state index contributed by atoms with van der Waals surface area (Å²) in [6, 6.07) is 8.94. The molecule has 0 saturated carbocycles. The van der Waals surface area contributed by atoms with Crippen LogP contribution >= 0.6 is 0 Å². The van der Waals surface area contributed by atoms with Gasteiger partial charge in [0.05, 0.1) is 18.4 Å². The number of rotatable bonds is 4. The third-order valence-electron chi connectivity index (χ3n) is 4.44. The van der Waals surface area contributed by atoms with Crippen LogP contribution in [0.15, 0.2) is 36.8 Å². The zero-order valence-electron chi connectivity index (χ0n) is 13.2. The van der Waals surface area contributed by atoms with Gasteiger partial charge in [-0.25, -0.2) is 9.67 Å². The standard InChI is InChI=1S/C17H20N6/c1-12-2-4-13(5-3-12)17-14(9-20-22-17)8-18-15-6-7-16-19-11-21-23(16)10-15/h2-5,9,11,15,18H,6-8,10H2,1H3,(H,20,22)/t15-/m0/s1. The van der Waals surface area contributed by atoms with Gasteiger partial charge in [-0.15, -0.1) is 0 Å². The predicted molar refractivity (Wildman–Crippen MR) is 87.7 cm³/mol. The molecule has 1 aliphatic heterocycles. The van der Waals surface area contributed by atoms with Gasteiger partial charge in [-0.1, -0.05) is 29.8 Å². The monoisotopic (exact) mass is 308 g/mol. The Balaban J connectivity index is 1.44. The van der Waals surface area contributed by atoms with E-state index in [2.05, 4.69) is 56.8 Å². The van der Waals surface area contributed by atoms with E-state index in [4.69, 9.17) is 0 Å². The smallest absolute Gasteiger partial charge is 0.138 e. The molecule has 1 aromatic carbocycles. The van der Waals surface area contributed by atoms with Gasteiger partial charge in [0, 0.05) is 24.6 Å². The van der Waals surface area contributed by atoms with Crippen LogP contribution in [0, 0.1) is 6.92 Å². The summed E-state index contributed by atoms with van der Waals surface area (Å²) in [4.78, 5) is 4.27. The first-order chi connectivity index (χ1) is 11.3. The number of H-pyrrole nitrogens is 1. The fourth-order valence-electron chi connectivity index (χ4n) is 3.07. The molecule has 0 aliphatic carbocycles. The number of benzene rings is 1. The highest BCUT2D eigenvalue weighted by atomic mass is 15.3. The maximum absolute atomic E-state index is 4.27. The number of fused-ring (bicyclic) bond motifs is 1. The topological polar surface area (TPSA) is 71.4 Å². The summed E-state index contributed by atoms with van der Waals surface area (Å²) < 4.78 is 2.00. The van der Waals surface area contributed by atoms with Crippen molar-refractivity contribution in [2.45, 2.75) is 38.9 Å². The third-order valence-corrected chi connectivity index (χ3v) is 4.44. The highest BCUT2D eigenvalue weighted by molar-refractivity contribution is 5.62. The molecule has 0 fully saturated rings. The number of nitrogens with one attached hydrogen (secondary N) is 2. The highest BCUT2D eigenvalue weighted by Crippen LogP contribution is 2.22. The lowest BCUT2D eigenvalue weighted by Crippen LogP contribution is -2.37. The zero-order valence-corrected chi connectivity index (χ0v) is 13.2. The van der Waals surface area contributed by atoms with Crippen molar-refractivity contribution in [3.8, 4) is 11.3 Å². The number of aryl methyl sites for hydroxylation is 2. The Morgan fingerprint density at radius 1 is 1.30 bits per heavy atom. The van der Waals surface area contributed by atoms with Crippen LogP contribution < -0.4 is 5.32 Å². The Bertz CT molecular complexity index is 786. The van der Waals surface area contributed by atoms with E-state index >= 15 is 0 Å². The third kappa shape index (κ3) is 2.90. The minimum absolute atomic E-state index is 0.421. The molecule has 0 radical (unpaired) electrons. The largest absolute Gasteiger partial charge is 0.308 e. The minimum Gasteiger partial charge on any atom is -0.308 e. The molecular formula is C17H20N6. The number of hydrogen-bond donors (Lipinski definition) is 2. The molecule has 1 atom stereocenters. The predicted octanol–water partition coefficient (Wildman–Crippen LogP) is 2.08. The second-order valence-corrected chi connectivity index (χ2v) is 6.11. The van der Waals surface area contributed by atoms with Crippen molar-refractivity contribution in [1.82, 2.24) is 30.3 Å². The van der Waals surface area contributed by atoms with Gasteiger partial charge in [-0.05, 0) is 18.9 Å². The van der Waals surface area contributed by atoms with Gasteiger partial charge in [0.1, 0.15) is 12.2 Å². The van der Waals surface area contributed by atoms with Crippen LogP contribution in [0.3, 0.4) is 0 Å². The van der Waals surface area contributed by atoms with Gasteiger partial charge in [-0.2, -0.15) is 10.2 Å². The lowest BCUT2D eigenvalue weighted by molar-refractivity contribution is 0.358. The van der Waals surface area contributed by atoms with E-state index in [1.54, 1.807) is 6.33 Å². The van der Waals surface area contributed by atoms with Gasteiger partial charge in [0.2, 0.25) is 0 Å². The van der Waals surface area contributed by atoms with Crippen LogP contribution in [0.1, 0.15) is 23.4 Å². The van der Waals surface area contributed by atoms with Gasteiger partial charge in [-0.3, -0.25) is 5.10 Å². The second kappa shape index (κ2) is 5.96. The second-order valence-electron chi connectivity index (χ2n) is 6.11. The lowest BCUT2D eigenvalue weighted by Gasteiger charge is -2.23. The Morgan fingerprint density at radius 2 is 2.17 bits per heavy atom. The highest BCUT2D eigenvalue weighted by Gasteiger charge is 2.19. The van der Waals surface area contributed by atoms with Crippen LogP contribution in [0.5, 0.6) is 0 Å². The quantitative estimate of drug-likeness (QED) is 0.774. The molecule has 0 spiro atoms. The lowest BCUT2D eigenvalue weighted by atomic mass is 10.0. The fraction of sp³-hybridized carbons (Fsp3) is 0.353. The molecule has 4 rings (SSSR count). The van der Waals surface area contributed by atoms with Crippen molar-refractivity contribution in [1.29, 1.82) is 0 Å². The Kier molecular flexibility index (Phi) is 3.67. The van der Waals surface area contributed by atoms with Gasteiger partial charge in [0.25, 0.3) is 0 Å². The van der Waals surface area contributed by atoms with E-state index in [9.17, 15) is 0 Å². The van der Waals surface area contributed by atoms with Crippen molar-refractivity contribution >= 4 is 0 Å². The number of nitrogens with zero attached hydrogens (tertiary/aromatic N) is 4. The molecule has 0 bridgehead atoms. The SMILES string of the molecule is Cc1ccc(-c2[nH]ncc2CN[C@H]2CCc3ncnn3C2)cc1. The molecule has 3 heterocycles. The van der Waals surface area contributed by atoms with Gasteiger partial charge >= 0.3 is 0 Å². The molecule has 2 N–H and O–H groups in total. The molecule has 23 heavy (non-hydrogen) atoms. The van der Waals surface area contributed by atoms with Crippen LogP contribution in [0.4, 0.5) is 0 Å². The summed E-state index contributed by atoms with van der Waals surface area (Å²) in [5.74, 6) is 1.09. The molecule has 6 heteroatoms. The molecule has 1 aliphatic rings. The van der Waals surface area contributed by atoms with Crippen molar-refractivity contribution in [3.63, 3.8) is 0 Å². The molecule has 0 saturated heterocycles. The number of aromatic amines is 1. The molecule has 3 aromatic rings. The van der Waals surface area contributed by atoms with E-state index in [0.29, 0.717) is 6.04 Å². The van der Waals surface area contributed by atoms with Crippen LogP contribution in [0.2, 0.25) is 0 Å². The van der Waals surface area contributed by atoms with Crippen LogP contribution in [0.25, 0.3) is 11.3 Å². The first-order valence-electron chi connectivity index (χ1n) is 7.99. The maximum atomic E-state index is 4.27. The van der Waals surface area contributed by atoms with Crippen molar-refractivity contribution in [2.75, 3.05) is 0 Å². The molecule has 0 amide bonds. The maximum Gasteiger partial charge on any atom is 0.138 e. The van der Waals surface area contributed by atoms with Crippen molar-refractivity contribution < 1.29 is 0 Å². The van der Waals surface area contributed by atoms with Crippen molar-refractivity contribution in [2.24, 2.45) is 0 Å². The summed E-state index contributed by atoms with van der Waals surface area (Å²) in [6.07, 6.45) is 5.62. The van der Waals surface area contributed by atoms with Crippen LogP contribution in [-0.2, 0) is 19.5 Å². The number of aromatic nitrogens is 5. The summed E-state index contributed by atoms with van der Waals surface area (Å²) in [6.45, 7) is 3.78. The minimum atomic E-state index is 0.421. The average molecular weight is 308 g/mol. The van der Waals surface area contributed by atoms with Crippen LogP contribution in [-0.4, -0.2) is 31.0 Å². The Hall–Kier alpha value is -2.47.